The van der Waals surface area contributed by atoms with Gasteiger partial charge in [0.2, 0.25) is 5.91 Å². The van der Waals surface area contributed by atoms with E-state index >= 15 is 0 Å². The highest BCUT2D eigenvalue weighted by Gasteiger charge is 2.28. The Kier molecular flexibility index (Phi) is 6.15. The standard InChI is InChI=1S/C22H28N4OS/c1-16-8-10-19(11-9-16)28-21-13-12-20(24-25-21)26-14-4-5-17(15-26)22(27)23-18-6-2-3-7-18/h8-13,17-18H,2-7,14-15H2,1H3,(H,23,27). The molecule has 1 aromatic heterocycles. The van der Waals surface area contributed by atoms with Crippen LogP contribution in [0.1, 0.15) is 44.1 Å². The lowest BCUT2D eigenvalue weighted by atomic mass is 9.96. The molecule has 1 aromatic carbocycles. The van der Waals surface area contributed by atoms with Crippen molar-refractivity contribution >= 4 is 23.5 Å². The molecule has 2 aliphatic rings. The minimum Gasteiger partial charge on any atom is -0.354 e. The van der Waals surface area contributed by atoms with Crippen LogP contribution < -0.4 is 10.2 Å². The van der Waals surface area contributed by atoms with Crippen LogP contribution in [0, 0.1) is 12.8 Å². The lowest BCUT2D eigenvalue weighted by Gasteiger charge is -2.33. The molecule has 4 rings (SSSR count). The van der Waals surface area contributed by atoms with Crippen molar-refractivity contribution in [2.75, 3.05) is 18.0 Å². The maximum atomic E-state index is 12.6. The average Bonchev–Trinajstić information content (AvgIpc) is 3.23. The van der Waals surface area contributed by atoms with E-state index < -0.39 is 0 Å². The number of aryl methyl sites for hydroxylation is 1. The summed E-state index contributed by atoms with van der Waals surface area (Å²) in [5, 5.41) is 13.0. The zero-order valence-electron chi connectivity index (χ0n) is 16.4. The molecule has 28 heavy (non-hydrogen) atoms. The van der Waals surface area contributed by atoms with Gasteiger partial charge in [0.05, 0.1) is 5.92 Å². The monoisotopic (exact) mass is 396 g/mol. The SMILES string of the molecule is Cc1ccc(Sc2ccc(N3CCCC(C(=O)NC4CCCC4)C3)nn2)cc1. The summed E-state index contributed by atoms with van der Waals surface area (Å²) in [4.78, 5) is 16.0. The van der Waals surface area contributed by atoms with Crippen LogP contribution in [0.25, 0.3) is 0 Å². The van der Waals surface area contributed by atoms with Crippen molar-refractivity contribution in [3.63, 3.8) is 0 Å². The summed E-state index contributed by atoms with van der Waals surface area (Å²) in [6.07, 6.45) is 6.73. The van der Waals surface area contributed by atoms with E-state index in [2.05, 4.69) is 51.6 Å². The van der Waals surface area contributed by atoms with Crippen molar-refractivity contribution in [3.8, 4) is 0 Å². The number of rotatable bonds is 5. The van der Waals surface area contributed by atoms with Crippen LogP contribution >= 0.6 is 11.8 Å². The van der Waals surface area contributed by atoms with Gasteiger partial charge in [0, 0.05) is 24.0 Å². The fourth-order valence-corrected chi connectivity index (χ4v) is 4.78. The smallest absolute Gasteiger partial charge is 0.225 e. The fraction of sp³-hybridized carbons (Fsp3) is 0.500. The third-order valence-electron chi connectivity index (χ3n) is 5.69. The summed E-state index contributed by atoms with van der Waals surface area (Å²) in [5.41, 5.74) is 1.25. The predicted molar refractivity (Wildman–Crippen MR) is 113 cm³/mol. The van der Waals surface area contributed by atoms with Crippen molar-refractivity contribution in [3.05, 3.63) is 42.0 Å². The zero-order valence-corrected chi connectivity index (χ0v) is 17.3. The molecule has 5 nitrogen and oxygen atoms in total. The first-order valence-corrected chi connectivity index (χ1v) is 11.1. The Bertz CT molecular complexity index is 787. The van der Waals surface area contributed by atoms with Crippen LogP contribution in [0.15, 0.2) is 46.3 Å². The highest BCUT2D eigenvalue weighted by Crippen LogP contribution is 2.28. The van der Waals surface area contributed by atoms with E-state index in [1.54, 1.807) is 11.8 Å². The van der Waals surface area contributed by atoms with Gasteiger partial charge in [-0.2, -0.15) is 0 Å². The number of amides is 1. The molecule has 1 saturated carbocycles. The minimum absolute atomic E-state index is 0.0535. The molecule has 1 saturated heterocycles. The Morgan fingerprint density at radius 3 is 2.54 bits per heavy atom. The molecule has 2 aromatic rings. The second kappa shape index (κ2) is 8.95. The molecule has 6 heteroatoms. The first-order valence-electron chi connectivity index (χ1n) is 10.3. The molecule has 1 aliphatic heterocycles. The topological polar surface area (TPSA) is 58.1 Å². The van der Waals surface area contributed by atoms with Crippen LogP contribution in [0.4, 0.5) is 5.82 Å². The number of piperidine rings is 1. The van der Waals surface area contributed by atoms with Crippen molar-refractivity contribution in [1.82, 2.24) is 15.5 Å². The zero-order chi connectivity index (χ0) is 19.3. The van der Waals surface area contributed by atoms with Crippen LogP contribution in [0.2, 0.25) is 0 Å². The summed E-state index contributed by atoms with van der Waals surface area (Å²) in [7, 11) is 0. The fourth-order valence-electron chi connectivity index (χ4n) is 4.05. The molecule has 0 radical (unpaired) electrons. The Morgan fingerprint density at radius 2 is 1.82 bits per heavy atom. The van der Waals surface area contributed by atoms with E-state index in [0.29, 0.717) is 6.04 Å². The lowest BCUT2D eigenvalue weighted by Crippen LogP contribution is -2.45. The van der Waals surface area contributed by atoms with Gasteiger partial charge in [0.15, 0.2) is 5.82 Å². The first kappa shape index (κ1) is 19.2. The third-order valence-corrected chi connectivity index (χ3v) is 6.62. The Hall–Kier alpha value is -2.08. The number of hydrogen-bond acceptors (Lipinski definition) is 5. The second-order valence-electron chi connectivity index (χ2n) is 7.92. The maximum Gasteiger partial charge on any atom is 0.225 e. The summed E-state index contributed by atoms with van der Waals surface area (Å²) in [6, 6.07) is 12.9. The van der Waals surface area contributed by atoms with Gasteiger partial charge in [-0.1, -0.05) is 42.3 Å². The van der Waals surface area contributed by atoms with Crippen LogP contribution in [0.5, 0.6) is 0 Å². The number of hydrogen-bond donors (Lipinski definition) is 1. The number of nitrogens with zero attached hydrogens (tertiary/aromatic N) is 3. The second-order valence-corrected chi connectivity index (χ2v) is 9.01. The van der Waals surface area contributed by atoms with Crippen LogP contribution in [-0.2, 0) is 4.79 Å². The molecule has 1 amide bonds. The van der Waals surface area contributed by atoms with Crippen molar-refractivity contribution in [2.24, 2.45) is 5.92 Å². The first-order chi connectivity index (χ1) is 13.7. The van der Waals surface area contributed by atoms with Crippen LogP contribution in [-0.4, -0.2) is 35.2 Å². The molecule has 0 bridgehead atoms. The van der Waals surface area contributed by atoms with Gasteiger partial charge in [-0.05, 0) is 56.9 Å². The van der Waals surface area contributed by atoms with E-state index in [-0.39, 0.29) is 11.8 Å². The molecule has 1 unspecified atom stereocenters. The molecule has 1 aliphatic carbocycles. The van der Waals surface area contributed by atoms with Crippen molar-refractivity contribution < 1.29 is 4.79 Å². The van der Waals surface area contributed by atoms with E-state index in [0.717, 1.165) is 54.5 Å². The molecule has 2 heterocycles. The minimum atomic E-state index is 0.0535. The molecular weight excluding hydrogens is 368 g/mol. The Balaban J connectivity index is 1.35. The Morgan fingerprint density at radius 1 is 1.04 bits per heavy atom. The van der Waals surface area contributed by atoms with Crippen molar-refractivity contribution in [1.29, 1.82) is 0 Å². The maximum absolute atomic E-state index is 12.6. The van der Waals surface area contributed by atoms with Crippen LogP contribution in [0.3, 0.4) is 0 Å². The van der Waals surface area contributed by atoms with E-state index in [9.17, 15) is 4.79 Å². The van der Waals surface area contributed by atoms with Gasteiger partial charge in [-0.3, -0.25) is 4.79 Å². The van der Waals surface area contributed by atoms with E-state index in [4.69, 9.17) is 0 Å². The number of aromatic nitrogens is 2. The van der Waals surface area contributed by atoms with Gasteiger partial charge < -0.3 is 10.2 Å². The number of anilines is 1. The highest BCUT2D eigenvalue weighted by molar-refractivity contribution is 7.99. The molecule has 1 atom stereocenters. The van der Waals surface area contributed by atoms with Gasteiger partial charge in [-0.25, -0.2) is 0 Å². The Labute approximate surface area is 171 Å². The largest absolute Gasteiger partial charge is 0.354 e. The highest BCUT2D eigenvalue weighted by atomic mass is 32.2. The third kappa shape index (κ3) is 4.85. The molecule has 2 fully saturated rings. The molecule has 148 valence electrons. The average molecular weight is 397 g/mol. The van der Waals surface area contributed by atoms with Crippen molar-refractivity contribution in [2.45, 2.75) is 61.4 Å². The normalized spacial score (nSPS) is 20.3. The molecule has 0 spiro atoms. The quantitative estimate of drug-likeness (QED) is 0.820. The summed E-state index contributed by atoms with van der Waals surface area (Å²) >= 11 is 1.62. The van der Waals surface area contributed by atoms with E-state index in [1.807, 2.05) is 12.1 Å². The van der Waals surface area contributed by atoms with Gasteiger partial charge in [-0.15, -0.1) is 10.2 Å². The summed E-state index contributed by atoms with van der Waals surface area (Å²) in [6.45, 7) is 3.76. The predicted octanol–water partition coefficient (Wildman–Crippen LogP) is 4.21. The number of nitrogens with one attached hydrogen (secondary N) is 1. The number of carbonyl (C=O) groups is 1. The molecule has 1 N–H and O–H groups in total. The summed E-state index contributed by atoms with van der Waals surface area (Å²) in [5.74, 6) is 1.14. The van der Waals surface area contributed by atoms with E-state index in [1.165, 1.54) is 18.4 Å². The molecular formula is C22H28N4OS. The number of carbonyl (C=O) groups excluding carboxylic acids is 1. The van der Waals surface area contributed by atoms with Gasteiger partial charge in [0.1, 0.15) is 5.03 Å². The van der Waals surface area contributed by atoms with Gasteiger partial charge in [0.25, 0.3) is 0 Å². The lowest BCUT2D eigenvalue weighted by molar-refractivity contribution is -0.125. The van der Waals surface area contributed by atoms with Gasteiger partial charge >= 0.3 is 0 Å². The summed E-state index contributed by atoms with van der Waals surface area (Å²) < 4.78 is 0. The number of benzene rings is 1.